The van der Waals surface area contributed by atoms with Crippen LogP contribution in [0.25, 0.3) is 11.2 Å². The predicted octanol–water partition coefficient (Wildman–Crippen LogP) is 2.80. The number of imidazole rings is 1. The molecule has 0 spiro atoms. The van der Waals surface area contributed by atoms with E-state index in [9.17, 15) is 0 Å². The van der Waals surface area contributed by atoms with Gasteiger partial charge < -0.3 is 5.73 Å². The molecule has 1 saturated carbocycles. The molecule has 104 valence electrons. The Morgan fingerprint density at radius 3 is 2.63 bits per heavy atom. The Labute approximate surface area is 113 Å². The van der Waals surface area contributed by atoms with Gasteiger partial charge in [-0.1, -0.05) is 19.3 Å². The fourth-order valence-corrected chi connectivity index (χ4v) is 3.54. The fraction of sp³-hybridized carbons (Fsp3) is 0.714. The summed E-state index contributed by atoms with van der Waals surface area (Å²) in [6.07, 6.45) is 6.67. The highest BCUT2D eigenvalue weighted by molar-refractivity contribution is 5.77. The number of nitrogens with zero attached hydrogens (tertiary/aromatic N) is 4. The van der Waals surface area contributed by atoms with Crippen LogP contribution in [0.3, 0.4) is 0 Å². The van der Waals surface area contributed by atoms with E-state index in [0.717, 1.165) is 16.9 Å². The summed E-state index contributed by atoms with van der Waals surface area (Å²) in [5, 5.41) is 4.46. The summed E-state index contributed by atoms with van der Waals surface area (Å²) in [6.45, 7) is 4.26. The molecule has 0 aromatic carbocycles. The second kappa shape index (κ2) is 4.54. The SMILES string of the molecule is Cc1nn(C)c2c1nc(N)n2C(C)C1CCCCC1. The molecule has 0 amide bonds. The van der Waals surface area contributed by atoms with Crippen LogP contribution in [0, 0.1) is 12.8 Å². The summed E-state index contributed by atoms with van der Waals surface area (Å²) in [5.41, 5.74) is 9.12. The number of rotatable bonds is 2. The van der Waals surface area contributed by atoms with Gasteiger partial charge in [-0.05, 0) is 32.6 Å². The Morgan fingerprint density at radius 2 is 1.95 bits per heavy atom. The molecule has 5 heteroatoms. The van der Waals surface area contributed by atoms with Gasteiger partial charge in [-0.25, -0.2) is 4.98 Å². The molecule has 1 aliphatic rings. The molecule has 0 aliphatic heterocycles. The highest BCUT2D eigenvalue weighted by Gasteiger charge is 2.26. The summed E-state index contributed by atoms with van der Waals surface area (Å²) in [5.74, 6) is 1.34. The number of nitrogens with two attached hydrogens (primary N) is 1. The highest BCUT2D eigenvalue weighted by atomic mass is 15.4. The van der Waals surface area contributed by atoms with Crippen LogP contribution >= 0.6 is 0 Å². The molecule has 1 unspecified atom stereocenters. The summed E-state index contributed by atoms with van der Waals surface area (Å²) >= 11 is 0. The summed E-state index contributed by atoms with van der Waals surface area (Å²) < 4.78 is 4.10. The van der Waals surface area contributed by atoms with E-state index in [1.54, 1.807) is 0 Å². The van der Waals surface area contributed by atoms with E-state index in [4.69, 9.17) is 5.73 Å². The maximum Gasteiger partial charge on any atom is 0.202 e. The van der Waals surface area contributed by atoms with E-state index in [-0.39, 0.29) is 0 Å². The predicted molar refractivity (Wildman–Crippen MR) is 76.9 cm³/mol. The summed E-state index contributed by atoms with van der Waals surface area (Å²) in [7, 11) is 1.97. The summed E-state index contributed by atoms with van der Waals surface area (Å²) in [4.78, 5) is 4.51. The number of hydrogen-bond donors (Lipinski definition) is 1. The van der Waals surface area contributed by atoms with Gasteiger partial charge in [0.25, 0.3) is 0 Å². The minimum atomic E-state index is 0.403. The van der Waals surface area contributed by atoms with Crippen molar-refractivity contribution in [1.29, 1.82) is 0 Å². The highest BCUT2D eigenvalue weighted by Crippen LogP contribution is 2.36. The van der Waals surface area contributed by atoms with E-state index in [1.165, 1.54) is 32.1 Å². The van der Waals surface area contributed by atoms with E-state index in [1.807, 2.05) is 18.7 Å². The van der Waals surface area contributed by atoms with Gasteiger partial charge in [-0.3, -0.25) is 9.25 Å². The van der Waals surface area contributed by atoms with Crippen molar-refractivity contribution in [3.63, 3.8) is 0 Å². The molecule has 2 heterocycles. The van der Waals surface area contributed by atoms with E-state index >= 15 is 0 Å². The third-order valence-electron chi connectivity index (χ3n) is 4.60. The molecular formula is C14H23N5. The van der Waals surface area contributed by atoms with E-state index in [2.05, 4.69) is 21.6 Å². The second-order valence-electron chi connectivity index (χ2n) is 5.86. The Hall–Kier alpha value is -1.52. The number of aryl methyl sites for hydroxylation is 2. The van der Waals surface area contributed by atoms with Gasteiger partial charge in [0.2, 0.25) is 5.95 Å². The topological polar surface area (TPSA) is 61.7 Å². The lowest BCUT2D eigenvalue weighted by Crippen LogP contribution is -2.21. The minimum absolute atomic E-state index is 0.403. The lowest BCUT2D eigenvalue weighted by Gasteiger charge is -2.29. The molecule has 2 N–H and O–H groups in total. The minimum Gasteiger partial charge on any atom is -0.369 e. The lowest BCUT2D eigenvalue weighted by molar-refractivity contribution is 0.268. The smallest absolute Gasteiger partial charge is 0.202 e. The molecule has 5 nitrogen and oxygen atoms in total. The third-order valence-corrected chi connectivity index (χ3v) is 4.60. The largest absolute Gasteiger partial charge is 0.369 e. The lowest BCUT2D eigenvalue weighted by atomic mass is 9.84. The van der Waals surface area contributed by atoms with Gasteiger partial charge in [0.05, 0.1) is 5.69 Å². The zero-order valence-electron chi connectivity index (χ0n) is 12.1. The van der Waals surface area contributed by atoms with Crippen molar-refractivity contribution in [2.75, 3.05) is 5.73 Å². The van der Waals surface area contributed by atoms with Gasteiger partial charge in [0.1, 0.15) is 5.52 Å². The van der Waals surface area contributed by atoms with Crippen molar-refractivity contribution in [3.8, 4) is 0 Å². The molecule has 1 fully saturated rings. The van der Waals surface area contributed by atoms with Crippen molar-refractivity contribution in [2.45, 2.75) is 52.0 Å². The summed E-state index contributed by atoms with van der Waals surface area (Å²) in [6, 6.07) is 0.403. The first kappa shape index (κ1) is 12.5. The van der Waals surface area contributed by atoms with Crippen LogP contribution < -0.4 is 5.73 Å². The molecule has 1 atom stereocenters. The molecule has 0 bridgehead atoms. The molecule has 0 saturated heterocycles. The van der Waals surface area contributed by atoms with Crippen LogP contribution in [0.15, 0.2) is 0 Å². The van der Waals surface area contributed by atoms with Gasteiger partial charge in [-0.15, -0.1) is 0 Å². The average molecular weight is 261 g/mol. The second-order valence-corrected chi connectivity index (χ2v) is 5.86. The molecule has 0 radical (unpaired) electrons. The van der Waals surface area contributed by atoms with Crippen molar-refractivity contribution >= 4 is 17.1 Å². The van der Waals surface area contributed by atoms with Gasteiger partial charge >= 0.3 is 0 Å². The van der Waals surface area contributed by atoms with Crippen molar-refractivity contribution in [3.05, 3.63) is 5.69 Å². The van der Waals surface area contributed by atoms with Crippen LogP contribution in [0.4, 0.5) is 5.95 Å². The standard InChI is InChI=1S/C14H23N5/c1-9-12-13(18(3)17-9)19(14(15)16-12)10(2)11-7-5-4-6-8-11/h10-11H,4-8H2,1-3H3,(H2,15,16). The molecule has 19 heavy (non-hydrogen) atoms. The Kier molecular flexibility index (Phi) is 2.99. The fourth-order valence-electron chi connectivity index (χ4n) is 3.54. The molecule has 3 rings (SSSR count). The molecule has 2 aromatic rings. The van der Waals surface area contributed by atoms with Crippen molar-refractivity contribution in [1.82, 2.24) is 19.3 Å². The van der Waals surface area contributed by atoms with E-state index in [0.29, 0.717) is 17.9 Å². The third kappa shape index (κ3) is 1.91. The van der Waals surface area contributed by atoms with Crippen LogP contribution in [-0.4, -0.2) is 19.3 Å². The van der Waals surface area contributed by atoms with Crippen LogP contribution in [0.1, 0.15) is 50.8 Å². The number of hydrogen-bond acceptors (Lipinski definition) is 3. The first-order valence-corrected chi connectivity index (χ1v) is 7.26. The number of anilines is 1. The number of nitrogen functional groups attached to an aromatic ring is 1. The molecule has 2 aromatic heterocycles. The number of aromatic nitrogens is 4. The van der Waals surface area contributed by atoms with Crippen LogP contribution in [0.5, 0.6) is 0 Å². The molecular weight excluding hydrogens is 238 g/mol. The maximum absolute atomic E-state index is 6.15. The zero-order valence-corrected chi connectivity index (χ0v) is 12.1. The maximum atomic E-state index is 6.15. The van der Waals surface area contributed by atoms with Gasteiger partial charge in [-0.2, -0.15) is 5.10 Å². The average Bonchev–Trinajstić information content (AvgIpc) is 2.88. The van der Waals surface area contributed by atoms with Crippen molar-refractivity contribution < 1.29 is 0 Å². The van der Waals surface area contributed by atoms with Crippen molar-refractivity contribution in [2.24, 2.45) is 13.0 Å². The van der Waals surface area contributed by atoms with E-state index < -0.39 is 0 Å². The van der Waals surface area contributed by atoms with Gasteiger partial charge in [0, 0.05) is 13.1 Å². The Morgan fingerprint density at radius 1 is 1.26 bits per heavy atom. The Bertz CT molecular complexity index is 589. The normalized spacial score (nSPS) is 19.1. The zero-order chi connectivity index (χ0) is 13.6. The first-order chi connectivity index (χ1) is 9.09. The number of fused-ring (bicyclic) bond motifs is 1. The van der Waals surface area contributed by atoms with Crippen LogP contribution in [0.2, 0.25) is 0 Å². The first-order valence-electron chi connectivity index (χ1n) is 7.26. The monoisotopic (exact) mass is 261 g/mol. The molecule has 1 aliphatic carbocycles. The van der Waals surface area contributed by atoms with Gasteiger partial charge in [0.15, 0.2) is 5.65 Å². The van der Waals surface area contributed by atoms with Crippen LogP contribution in [-0.2, 0) is 7.05 Å². The Balaban J connectivity index is 2.05. The quantitative estimate of drug-likeness (QED) is 0.904.